The van der Waals surface area contributed by atoms with E-state index >= 15 is 0 Å². The first-order valence-electron chi connectivity index (χ1n) is 11.8. The van der Waals surface area contributed by atoms with E-state index in [1.54, 1.807) is 30.0 Å². The second-order valence-corrected chi connectivity index (χ2v) is 9.20. The third-order valence-electron chi connectivity index (χ3n) is 5.94. The van der Waals surface area contributed by atoms with Crippen molar-refractivity contribution in [1.82, 2.24) is 15.2 Å². The summed E-state index contributed by atoms with van der Waals surface area (Å²) in [4.78, 5) is 43.9. The molecule has 1 aliphatic heterocycles. The minimum absolute atomic E-state index is 0.0212. The molecule has 1 saturated heterocycles. The van der Waals surface area contributed by atoms with Crippen LogP contribution in [-0.2, 0) is 16.1 Å². The van der Waals surface area contributed by atoms with Crippen LogP contribution < -0.4 is 10.6 Å². The molecule has 1 aliphatic rings. The van der Waals surface area contributed by atoms with E-state index in [1.807, 2.05) is 36.4 Å². The normalized spacial score (nSPS) is 15.5. The number of nitrogens with one attached hydrogen (secondary N) is 2. The SMILES string of the molecule is Cc1oc(-c2ccccc2NC(=O)c2ccccc2)nc1CNC(=O)C1CC(=O)N(CC(C)C)C1. The van der Waals surface area contributed by atoms with Crippen LogP contribution in [0, 0.1) is 18.8 Å². The maximum absolute atomic E-state index is 12.7. The van der Waals surface area contributed by atoms with E-state index in [-0.39, 0.29) is 36.6 Å². The van der Waals surface area contributed by atoms with Gasteiger partial charge in [-0.3, -0.25) is 14.4 Å². The van der Waals surface area contributed by atoms with Crippen molar-refractivity contribution >= 4 is 23.4 Å². The van der Waals surface area contributed by atoms with Gasteiger partial charge < -0.3 is 20.0 Å². The van der Waals surface area contributed by atoms with Gasteiger partial charge in [0.05, 0.1) is 23.7 Å². The van der Waals surface area contributed by atoms with E-state index in [0.717, 1.165) is 0 Å². The number of benzene rings is 2. The number of amides is 3. The molecule has 1 fully saturated rings. The lowest BCUT2D eigenvalue weighted by Gasteiger charge is -2.18. The van der Waals surface area contributed by atoms with Crippen LogP contribution >= 0.6 is 0 Å². The molecule has 0 bridgehead atoms. The highest BCUT2D eigenvalue weighted by Crippen LogP contribution is 2.29. The van der Waals surface area contributed by atoms with E-state index in [2.05, 4.69) is 29.5 Å². The fourth-order valence-electron chi connectivity index (χ4n) is 4.15. The third kappa shape index (κ3) is 5.77. The Labute approximate surface area is 204 Å². The topological polar surface area (TPSA) is 105 Å². The van der Waals surface area contributed by atoms with Gasteiger partial charge in [0, 0.05) is 25.1 Å². The number of aromatic nitrogens is 1. The quantitative estimate of drug-likeness (QED) is 0.513. The molecule has 4 rings (SSSR count). The Hall–Kier alpha value is -3.94. The fraction of sp³-hybridized carbons (Fsp3) is 0.333. The molecule has 1 aromatic heterocycles. The lowest BCUT2D eigenvalue weighted by molar-refractivity contribution is -0.129. The van der Waals surface area contributed by atoms with Gasteiger partial charge in [0.1, 0.15) is 11.5 Å². The molecule has 182 valence electrons. The smallest absolute Gasteiger partial charge is 0.255 e. The Kier molecular flexibility index (Phi) is 7.29. The van der Waals surface area contributed by atoms with Crippen molar-refractivity contribution < 1.29 is 18.8 Å². The Morgan fingerprint density at radius 2 is 1.83 bits per heavy atom. The Bertz CT molecular complexity index is 1220. The van der Waals surface area contributed by atoms with Crippen LogP contribution in [0.3, 0.4) is 0 Å². The van der Waals surface area contributed by atoms with E-state index in [9.17, 15) is 14.4 Å². The molecular formula is C27H30N4O4. The van der Waals surface area contributed by atoms with Crippen molar-refractivity contribution in [2.75, 3.05) is 18.4 Å². The number of para-hydroxylation sites is 1. The van der Waals surface area contributed by atoms with E-state index in [0.29, 0.717) is 53.2 Å². The Balaban J connectivity index is 1.43. The van der Waals surface area contributed by atoms with Gasteiger partial charge in [0.25, 0.3) is 5.91 Å². The zero-order valence-electron chi connectivity index (χ0n) is 20.2. The number of oxazole rings is 1. The second-order valence-electron chi connectivity index (χ2n) is 9.20. The number of carbonyl (C=O) groups excluding carboxylic acids is 3. The molecular weight excluding hydrogens is 444 g/mol. The first-order valence-corrected chi connectivity index (χ1v) is 11.8. The third-order valence-corrected chi connectivity index (χ3v) is 5.94. The zero-order chi connectivity index (χ0) is 24.9. The Morgan fingerprint density at radius 1 is 1.11 bits per heavy atom. The summed E-state index contributed by atoms with van der Waals surface area (Å²) in [6, 6.07) is 16.2. The summed E-state index contributed by atoms with van der Waals surface area (Å²) in [7, 11) is 0. The summed E-state index contributed by atoms with van der Waals surface area (Å²) >= 11 is 0. The van der Waals surface area contributed by atoms with Crippen molar-refractivity contribution in [2.24, 2.45) is 11.8 Å². The maximum atomic E-state index is 12.7. The highest BCUT2D eigenvalue weighted by molar-refractivity contribution is 6.06. The highest BCUT2D eigenvalue weighted by Gasteiger charge is 2.34. The first-order chi connectivity index (χ1) is 16.8. The number of anilines is 1. The van der Waals surface area contributed by atoms with Gasteiger partial charge in [0.2, 0.25) is 17.7 Å². The van der Waals surface area contributed by atoms with Crippen LogP contribution in [-0.4, -0.2) is 40.7 Å². The molecule has 1 atom stereocenters. The summed E-state index contributed by atoms with van der Waals surface area (Å²) in [5.41, 5.74) is 2.36. The predicted octanol–water partition coefficient (Wildman–Crippen LogP) is 4.02. The molecule has 3 aromatic rings. The number of hydrogen-bond acceptors (Lipinski definition) is 5. The molecule has 8 heteroatoms. The molecule has 0 radical (unpaired) electrons. The van der Waals surface area contributed by atoms with Crippen molar-refractivity contribution in [3.05, 3.63) is 71.6 Å². The largest absolute Gasteiger partial charge is 0.441 e. The summed E-state index contributed by atoms with van der Waals surface area (Å²) in [6.07, 6.45) is 0.232. The number of nitrogens with zero attached hydrogens (tertiary/aromatic N) is 2. The maximum Gasteiger partial charge on any atom is 0.255 e. The average Bonchev–Trinajstić information content (AvgIpc) is 3.40. The molecule has 35 heavy (non-hydrogen) atoms. The van der Waals surface area contributed by atoms with Crippen molar-refractivity contribution in [1.29, 1.82) is 0 Å². The fourth-order valence-corrected chi connectivity index (χ4v) is 4.15. The van der Waals surface area contributed by atoms with Gasteiger partial charge in [-0.1, -0.05) is 44.2 Å². The molecule has 0 aliphatic carbocycles. The van der Waals surface area contributed by atoms with Crippen LogP contribution in [0.15, 0.2) is 59.0 Å². The van der Waals surface area contributed by atoms with Gasteiger partial charge in [-0.05, 0) is 37.1 Å². The summed E-state index contributed by atoms with van der Waals surface area (Å²) in [5.74, 6) is 0.561. The van der Waals surface area contributed by atoms with Gasteiger partial charge in [0.15, 0.2) is 0 Å². The molecule has 0 spiro atoms. The number of rotatable bonds is 8. The predicted molar refractivity (Wildman–Crippen MR) is 132 cm³/mol. The van der Waals surface area contributed by atoms with Gasteiger partial charge in [-0.2, -0.15) is 0 Å². The van der Waals surface area contributed by atoms with E-state index in [4.69, 9.17) is 4.42 Å². The summed E-state index contributed by atoms with van der Waals surface area (Å²) < 4.78 is 5.89. The number of likely N-dealkylation sites (tertiary alicyclic amines) is 1. The van der Waals surface area contributed by atoms with Gasteiger partial charge >= 0.3 is 0 Å². The zero-order valence-corrected chi connectivity index (χ0v) is 20.2. The van der Waals surface area contributed by atoms with Crippen molar-refractivity contribution in [3.8, 4) is 11.5 Å². The molecule has 2 aromatic carbocycles. The standard InChI is InChI=1S/C27H30N4O4/c1-17(2)15-31-16-20(13-24(31)32)25(33)28-14-23-18(3)35-27(30-23)21-11-7-8-12-22(21)29-26(34)19-9-5-4-6-10-19/h4-12,17,20H,13-16H2,1-3H3,(H,28,33)(H,29,34). The lowest BCUT2D eigenvalue weighted by atomic mass is 10.1. The average molecular weight is 475 g/mol. The van der Waals surface area contributed by atoms with Crippen molar-refractivity contribution in [3.63, 3.8) is 0 Å². The minimum Gasteiger partial charge on any atom is -0.441 e. The second kappa shape index (κ2) is 10.5. The van der Waals surface area contributed by atoms with Crippen LogP contribution in [0.25, 0.3) is 11.5 Å². The van der Waals surface area contributed by atoms with Crippen LogP contribution in [0.1, 0.15) is 42.1 Å². The molecule has 2 heterocycles. The van der Waals surface area contributed by atoms with E-state index in [1.165, 1.54) is 0 Å². The number of carbonyl (C=O) groups is 3. The van der Waals surface area contributed by atoms with Crippen LogP contribution in [0.5, 0.6) is 0 Å². The molecule has 3 amide bonds. The van der Waals surface area contributed by atoms with Gasteiger partial charge in [-0.15, -0.1) is 0 Å². The minimum atomic E-state index is -0.359. The highest BCUT2D eigenvalue weighted by atomic mass is 16.4. The van der Waals surface area contributed by atoms with Crippen molar-refractivity contribution in [2.45, 2.75) is 33.7 Å². The monoisotopic (exact) mass is 474 g/mol. The Morgan fingerprint density at radius 3 is 2.57 bits per heavy atom. The number of aryl methyl sites for hydroxylation is 1. The lowest BCUT2D eigenvalue weighted by Crippen LogP contribution is -2.34. The number of hydrogen-bond donors (Lipinski definition) is 2. The van der Waals surface area contributed by atoms with E-state index < -0.39 is 0 Å². The molecule has 2 N–H and O–H groups in total. The first kappa shape index (κ1) is 24.2. The summed E-state index contributed by atoms with van der Waals surface area (Å²) in [5, 5.41) is 5.82. The molecule has 0 saturated carbocycles. The molecule has 8 nitrogen and oxygen atoms in total. The van der Waals surface area contributed by atoms with Gasteiger partial charge in [-0.25, -0.2) is 4.98 Å². The molecule has 1 unspecified atom stereocenters. The summed E-state index contributed by atoms with van der Waals surface area (Å²) in [6.45, 7) is 7.19. The van der Waals surface area contributed by atoms with Crippen LogP contribution in [0.2, 0.25) is 0 Å². The van der Waals surface area contributed by atoms with Crippen LogP contribution in [0.4, 0.5) is 5.69 Å².